The van der Waals surface area contributed by atoms with Crippen molar-refractivity contribution in [1.29, 1.82) is 0 Å². The van der Waals surface area contributed by atoms with Crippen LogP contribution in [0, 0.1) is 0 Å². The molecule has 0 saturated carbocycles. The monoisotopic (exact) mass is 641 g/mol. The molecule has 3 heterocycles. The highest BCUT2D eigenvalue weighted by Gasteiger charge is 2.47. The summed E-state index contributed by atoms with van der Waals surface area (Å²) in [5.74, 6) is -0.365. The zero-order valence-corrected chi connectivity index (χ0v) is 26.4. The van der Waals surface area contributed by atoms with Gasteiger partial charge in [0, 0.05) is 11.1 Å². The molecule has 1 N–H and O–H groups in total. The number of carbonyl (C=O) groups is 2. The summed E-state index contributed by atoms with van der Waals surface area (Å²) in [6, 6.07) is 23.0. The van der Waals surface area contributed by atoms with Crippen molar-refractivity contribution < 1.29 is 28.6 Å². The molecule has 2 aromatic heterocycles. The Kier molecular flexibility index (Phi) is 9.18. The molecular weight excluding hydrogens is 611 g/mol. The highest BCUT2D eigenvalue weighted by atomic mass is 32.2. The highest BCUT2D eigenvalue weighted by Crippen LogP contribution is 2.46. The fourth-order valence-corrected chi connectivity index (χ4v) is 6.99. The standard InChI is InChI=1S/C34H31N3O6S2/c1-3-4-10-17-42-25-16-15-23(19-26(25)41-2)29-28(30(38)27-18-22-13-8-9-14-24(22)43-27)31(39)32(40)37(29)33-35-36-34(45-33)44-20-21-11-6-5-7-12-21/h5-9,11-16,18-19,29,39H,3-4,10,17,20H2,1-2H3/t29-/m1/s1. The van der Waals surface area contributed by atoms with Crippen LogP contribution in [0.15, 0.2) is 99.0 Å². The van der Waals surface area contributed by atoms with Crippen molar-refractivity contribution in [2.75, 3.05) is 18.6 Å². The number of benzene rings is 3. The number of ether oxygens (including phenoxy) is 2. The Morgan fingerprint density at radius 3 is 2.60 bits per heavy atom. The van der Waals surface area contributed by atoms with E-state index in [0.717, 1.165) is 30.2 Å². The van der Waals surface area contributed by atoms with Gasteiger partial charge in [0.1, 0.15) is 5.58 Å². The molecule has 0 radical (unpaired) electrons. The summed E-state index contributed by atoms with van der Waals surface area (Å²) in [7, 11) is 1.53. The van der Waals surface area contributed by atoms with E-state index in [9.17, 15) is 14.7 Å². The molecule has 0 aliphatic carbocycles. The molecule has 1 aliphatic rings. The minimum absolute atomic E-state index is 0.0108. The molecule has 9 nitrogen and oxygen atoms in total. The second kappa shape index (κ2) is 13.6. The zero-order valence-electron chi connectivity index (χ0n) is 24.8. The first-order valence-electron chi connectivity index (χ1n) is 14.6. The maximum atomic E-state index is 14.0. The number of ketones is 1. The van der Waals surface area contributed by atoms with Crippen LogP contribution in [0.2, 0.25) is 0 Å². The van der Waals surface area contributed by atoms with Crippen LogP contribution in [-0.4, -0.2) is 40.7 Å². The van der Waals surface area contributed by atoms with Gasteiger partial charge in [-0.05, 0) is 41.8 Å². The fourth-order valence-electron chi connectivity index (χ4n) is 5.16. The topological polar surface area (TPSA) is 115 Å². The van der Waals surface area contributed by atoms with Gasteiger partial charge in [-0.1, -0.05) is 97.5 Å². The minimum Gasteiger partial charge on any atom is -0.503 e. The van der Waals surface area contributed by atoms with Gasteiger partial charge in [-0.15, -0.1) is 10.2 Å². The molecule has 5 aromatic rings. The second-order valence-electron chi connectivity index (χ2n) is 10.4. The lowest BCUT2D eigenvalue weighted by Gasteiger charge is -2.24. The lowest BCUT2D eigenvalue weighted by molar-refractivity contribution is -0.117. The van der Waals surface area contributed by atoms with E-state index in [4.69, 9.17) is 13.9 Å². The Balaban J connectivity index is 1.37. The third kappa shape index (κ3) is 6.31. The van der Waals surface area contributed by atoms with Crippen molar-refractivity contribution in [3.63, 3.8) is 0 Å². The van der Waals surface area contributed by atoms with Gasteiger partial charge < -0.3 is 19.0 Å². The van der Waals surface area contributed by atoms with Gasteiger partial charge in [0.25, 0.3) is 5.91 Å². The number of fused-ring (bicyclic) bond motifs is 1. The molecule has 0 fully saturated rings. The van der Waals surface area contributed by atoms with Gasteiger partial charge in [-0.3, -0.25) is 14.5 Å². The lowest BCUT2D eigenvalue weighted by Crippen LogP contribution is -2.31. The molecule has 6 rings (SSSR count). The number of hydrogen-bond donors (Lipinski definition) is 1. The molecule has 0 bridgehead atoms. The van der Waals surface area contributed by atoms with Gasteiger partial charge in [0.15, 0.2) is 27.4 Å². The van der Waals surface area contributed by atoms with Crippen molar-refractivity contribution in [1.82, 2.24) is 10.2 Å². The van der Waals surface area contributed by atoms with Crippen LogP contribution < -0.4 is 14.4 Å². The molecule has 1 aliphatic heterocycles. The number of para-hydroxylation sites is 1. The summed E-state index contributed by atoms with van der Waals surface area (Å²) in [6.45, 7) is 2.66. The predicted octanol–water partition coefficient (Wildman–Crippen LogP) is 7.94. The molecule has 1 atom stereocenters. The van der Waals surface area contributed by atoms with Crippen LogP contribution in [0.4, 0.5) is 5.13 Å². The van der Waals surface area contributed by atoms with Crippen molar-refractivity contribution in [2.24, 2.45) is 0 Å². The number of nitrogens with zero attached hydrogens (tertiary/aromatic N) is 3. The number of rotatable bonds is 13. The van der Waals surface area contributed by atoms with Gasteiger partial charge in [-0.2, -0.15) is 0 Å². The number of furan rings is 1. The Bertz CT molecular complexity index is 1830. The highest BCUT2D eigenvalue weighted by molar-refractivity contribution is 8.00. The van der Waals surface area contributed by atoms with Gasteiger partial charge >= 0.3 is 0 Å². The van der Waals surface area contributed by atoms with Crippen LogP contribution in [-0.2, 0) is 10.5 Å². The van der Waals surface area contributed by atoms with Gasteiger partial charge in [0.2, 0.25) is 10.9 Å². The summed E-state index contributed by atoms with van der Waals surface area (Å²) in [5, 5.41) is 20.9. The Hall–Kier alpha value is -4.61. The lowest BCUT2D eigenvalue weighted by atomic mass is 9.95. The SMILES string of the molecule is CCCCCOc1ccc([C@@H]2C(C(=O)c3cc4ccccc4o3)=C(O)C(=O)N2c2nnc(SCc3ccccc3)s2)cc1OC. The van der Waals surface area contributed by atoms with E-state index in [1.54, 1.807) is 30.3 Å². The number of unbranched alkanes of at least 4 members (excludes halogenated alkanes) is 2. The Labute approximate surface area is 268 Å². The largest absolute Gasteiger partial charge is 0.503 e. The number of anilines is 1. The Morgan fingerprint density at radius 2 is 1.82 bits per heavy atom. The van der Waals surface area contributed by atoms with Crippen molar-refractivity contribution >= 4 is 50.9 Å². The summed E-state index contributed by atoms with van der Waals surface area (Å²) >= 11 is 2.70. The first-order chi connectivity index (χ1) is 22.0. The number of thioether (sulfide) groups is 1. The maximum absolute atomic E-state index is 14.0. The van der Waals surface area contributed by atoms with E-state index < -0.39 is 23.5 Å². The van der Waals surface area contributed by atoms with E-state index in [1.807, 2.05) is 48.5 Å². The average Bonchev–Trinajstić information content (AvgIpc) is 3.79. The molecule has 1 amide bonds. The van der Waals surface area contributed by atoms with E-state index in [1.165, 1.54) is 35.1 Å². The number of methoxy groups -OCH3 is 1. The molecule has 0 saturated heterocycles. The molecule has 230 valence electrons. The third-order valence-corrected chi connectivity index (χ3v) is 9.54. The smallest absolute Gasteiger partial charge is 0.296 e. The van der Waals surface area contributed by atoms with Crippen LogP contribution in [0.1, 0.15) is 53.9 Å². The van der Waals surface area contributed by atoms with E-state index >= 15 is 0 Å². The zero-order chi connectivity index (χ0) is 31.3. The average molecular weight is 642 g/mol. The quantitative estimate of drug-likeness (QED) is 0.0592. The van der Waals surface area contributed by atoms with Crippen molar-refractivity contribution in [3.8, 4) is 11.5 Å². The predicted molar refractivity (Wildman–Crippen MR) is 174 cm³/mol. The summed E-state index contributed by atoms with van der Waals surface area (Å²) in [6.07, 6.45) is 3.02. The number of hydrogen-bond acceptors (Lipinski definition) is 10. The second-order valence-corrected chi connectivity index (χ2v) is 12.6. The first kappa shape index (κ1) is 30.4. The number of aromatic nitrogens is 2. The third-order valence-electron chi connectivity index (χ3n) is 7.42. The Morgan fingerprint density at radius 1 is 1.02 bits per heavy atom. The normalized spacial score (nSPS) is 14.8. The summed E-state index contributed by atoms with van der Waals surface area (Å²) < 4.78 is 18.1. The number of Topliss-reactive ketones (excluding diaryl/α,β-unsaturated/α-hetero) is 1. The van der Waals surface area contributed by atoms with Crippen LogP contribution in [0.25, 0.3) is 11.0 Å². The molecule has 0 spiro atoms. The molecule has 11 heteroatoms. The van der Waals surface area contributed by atoms with Crippen LogP contribution >= 0.6 is 23.1 Å². The number of aliphatic hydroxyl groups is 1. The van der Waals surface area contributed by atoms with Gasteiger partial charge in [0.05, 0.1) is 25.3 Å². The van der Waals surface area contributed by atoms with Crippen LogP contribution in [0.5, 0.6) is 11.5 Å². The number of carbonyl (C=O) groups excluding carboxylic acids is 2. The number of amides is 1. The molecule has 45 heavy (non-hydrogen) atoms. The van der Waals surface area contributed by atoms with Gasteiger partial charge in [-0.25, -0.2) is 0 Å². The van der Waals surface area contributed by atoms with Crippen molar-refractivity contribution in [3.05, 3.63) is 107 Å². The molecule has 0 unspecified atom stereocenters. The summed E-state index contributed by atoms with van der Waals surface area (Å²) in [5.41, 5.74) is 2.05. The van der Waals surface area contributed by atoms with E-state index in [2.05, 4.69) is 17.1 Å². The van der Waals surface area contributed by atoms with E-state index in [0.29, 0.717) is 39.3 Å². The van der Waals surface area contributed by atoms with Crippen LogP contribution in [0.3, 0.4) is 0 Å². The molecule has 3 aromatic carbocycles. The van der Waals surface area contributed by atoms with Crippen molar-refractivity contribution in [2.45, 2.75) is 42.3 Å². The minimum atomic E-state index is -1.03. The molecular formula is C34H31N3O6S2. The maximum Gasteiger partial charge on any atom is 0.296 e. The fraction of sp³-hybridized carbons (Fsp3) is 0.235. The number of aliphatic hydroxyl groups excluding tert-OH is 1. The first-order valence-corrected chi connectivity index (χ1v) is 16.4. The van der Waals surface area contributed by atoms with E-state index in [-0.39, 0.29) is 16.5 Å². The summed E-state index contributed by atoms with van der Waals surface area (Å²) in [4.78, 5) is 29.1.